The molecule has 3 N–H and O–H groups in total. The zero-order chi connectivity index (χ0) is 20.6. The van der Waals surface area contributed by atoms with Crippen LogP contribution in [0.5, 0.6) is 12.0 Å². The molecule has 0 spiro atoms. The Morgan fingerprint density at radius 2 is 2.07 bits per heavy atom. The number of nitrogen functional groups attached to an aromatic ring is 1. The highest BCUT2D eigenvalue weighted by Gasteiger charge is 2.19. The quantitative estimate of drug-likeness (QED) is 0.583. The molecule has 1 saturated heterocycles. The van der Waals surface area contributed by atoms with Gasteiger partial charge >= 0.3 is 6.01 Å². The Labute approximate surface area is 173 Å². The average Bonchev–Trinajstić information content (AvgIpc) is 2.86. The van der Waals surface area contributed by atoms with E-state index in [1.54, 1.807) is 7.11 Å². The van der Waals surface area contributed by atoms with Gasteiger partial charge in [-0.05, 0) is 45.6 Å². The number of ether oxygens (including phenoxy) is 2. The first-order valence-corrected chi connectivity index (χ1v) is 11.1. The van der Waals surface area contributed by atoms with Gasteiger partial charge in [0.25, 0.3) is 6.01 Å². The van der Waals surface area contributed by atoms with Crippen molar-refractivity contribution in [3.8, 4) is 12.0 Å². The molecule has 29 heavy (non-hydrogen) atoms. The molecule has 8 nitrogen and oxygen atoms in total. The number of unbranched alkanes of at least 4 members (excludes halogenated alkanes) is 1. The van der Waals surface area contributed by atoms with E-state index in [1.165, 1.54) is 32.1 Å². The van der Waals surface area contributed by atoms with Crippen LogP contribution < -0.4 is 20.5 Å². The van der Waals surface area contributed by atoms with E-state index in [1.807, 2.05) is 11.5 Å². The molecular weight excluding hydrogens is 368 g/mol. The van der Waals surface area contributed by atoms with Crippen molar-refractivity contribution in [2.24, 2.45) is 0 Å². The summed E-state index contributed by atoms with van der Waals surface area (Å²) in [5.74, 6) is 0.327. The number of nitrogens with two attached hydrogens (primary N) is 1. The lowest BCUT2D eigenvalue weighted by atomic mass is 10.0. The summed E-state index contributed by atoms with van der Waals surface area (Å²) in [7, 11) is 1.62. The number of rotatable bonds is 10. The summed E-state index contributed by atoms with van der Waals surface area (Å²) in [4.78, 5) is 13.4. The summed E-state index contributed by atoms with van der Waals surface area (Å²) in [6, 6.07) is 1.48. The molecule has 2 aromatic rings. The van der Waals surface area contributed by atoms with Crippen molar-refractivity contribution in [1.82, 2.24) is 24.8 Å². The smallest absolute Gasteiger partial charge is 0.320 e. The lowest BCUT2D eigenvalue weighted by molar-refractivity contribution is 0.193. The van der Waals surface area contributed by atoms with Crippen LogP contribution >= 0.6 is 0 Å². The standard InChI is InChI=1S/C21H36N6O2/c1-4-10-15(2)29-20-25-18(22)17-19(26-20)27(21(24-17)28-3)14-9-7-12-16-11-6-5-8-13-23-16/h15-16,23H,4-14H2,1-3H3,(H2,22,25,26)/t15-,16?/m0/s1. The number of nitrogens with zero attached hydrogens (tertiary/aromatic N) is 4. The van der Waals surface area contributed by atoms with Crippen LogP contribution in [0.2, 0.25) is 0 Å². The Kier molecular flexibility index (Phi) is 7.91. The van der Waals surface area contributed by atoms with Crippen molar-refractivity contribution in [3.63, 3.8) is 0 Å². The minimum Gasteiger partial charge on any atom is -0.468 e. The number of anilines is 1. The molecule has 8 heteroatoms. The normalized spacial score (nSPS) is 18.5. The summed E-state index contributed by atoms with van der Waals surface area (Å²) < 4.78 is 13.3. The minimum atomic E-state index is 0.0437. The first-order chi connectivity index (χ1) is 14.1. The first kappa shape index (κ1) is 21.6. The van der Waals surface area contributed by atoms with Gasteiger partial charge in [0.15, 0.2) is 17.0 Å². The molecule has 162 valence electrons. The number of nitrogens with one attached hydrogen (secondary N) is 1. The van der Waals surface area contributed by atoms with Gasteiger partial charge in [-0.3, -0.25) is 4.57 Å². The lowest BCUT2D eigenvalue weighted by Crippen LogP contribution is -2.28. The molecule has 3 rings (SSSR count). The fourth-order valence-corrected chi connectivity index (χ4v) is 4.04. The number of aromatic nitrogens is 4. The van der Waals surface area contributed by atoms with E-state index in [9.17, 15) is 0 Å². The van der Waals surface area contributed by atoms with Crippen molar-refractivity contribution in [3.05, 3.63) is 0 Å². The fourth-order valence-electron chi connectivity index (χ4n) is 4.04. The molecule has 1 aliphatic heterocycles. The third kappa shape index (κ3) is 5.72. The molecule has 0 aliphatic carbocycles. The second kappa shape index (κ2) is 10.6. The molecule has 0 amide bonds. The summed E-state index contributed by atoms with van der Waals surface area (Å²) in [5.41, 5.74) is 7.39. The van der Waals surface area contributed by atoms with Crippen molar-refractivity contribution < 1.29 is 9.47 Å². The molecule has 0 aromatic carbocycles. The van der Waals surface area contributed by atoms with Gasteiger partial charge < -0.3 is 20.5 Å². The monoisotopic (exact) mass is 404 g/mol. The van der Waals surface area contributed by atoms with Crippen LogP contribution in [-0.2, 0) is 6.54 Å². The first-order valence-electron chi connectivity index (χ1n) is 11.1. The van der Waals surface area contributed by atoms with Gasteiger partial charge in [0.2, 0.25) is 0 Å². The summed E-state index contributed by atoms with van der Waals surface area (Å²) in [6.07, 6.45) is 10.7. The van der Waals surface area contributed by atoms with Crippen molar-refractivity contribution in [2.45, 2.75) is 90.3 Å². The Bertz CT molecular complexity index is 770. The number of hydrogen-bond acceptors (Lipinski definition) is 7. The molecule has 2 aromatic heterocycles. The Morgan fingerprint density at radius 3 is 2.86 bits per heavy atom. The molecule has 0 radical (unpaired) electrons. The van der Waals surface area contributed by atoms with E-state index in [4.69, 9.17) is 15.2 Å². The number of imidazole rings is 1. The highest BCUT2D eigenvalue weighted by molar-refractivity contribution is 5.83. The predicted octanol–water partition coefficient (Wildman–Crippen LogP) is 3.69. The van der Waals surface area contributed by atoms with Crippen LogP contribution in [0, 0.1) is 0 Å². The average molecular weight is 405 g/mol. The molecule has 2 atom stereocenters. The largest absolute Gasteiger partial charge is 0.468 e. The Balaban J connectivity index is 1.68. The zero-order valence-corrected chi connectivity index (χ0v) is 18.1. The fraction of sp³-hybridized carbons (Fsp3) is 0.762. The Morgan fingerprint density at radius 1 is 1.21 bits per heavy atom. The van der Waals surface area contributed by atoms with Gasteiger partial charge in [-0.2, -0.15) is 15.0 Å². The van der Waals surface area contributed by atoms with E-state index < -0.39 is 0 Å². The lowest BCUT2D eigenvalue weighted by Gasteiger charge is -2.15. The third-order valence-electron chi connectivity index (χ3n) is 5.60. The van der Waals surface area contributed by atoms with Gasteiger partial charge in [-0.1, -0.05) is 32.6 Å². The number of hydrogen-bond donors (Lipinski definition) is 2. The maximum atomic E-state index is 6.14. The number of methoxy groups -OCH3 is 1. The van der Waals surface area contributed by atoms with E-state index >= 15 is 0 Å². The Hall–Kier alpha value is -2.09. The molecular formula is C21H36N6O2. The van der Waals surface area contributed by atoms with E-state index in [2.05, 4.69) is 27.2 Å². The third-order valence-corrected chi connectivity index (χ3v) is 5.60. The molecule has 1 fully saturated rings. The topological polar surface area (TPSA) is 100 Å². The summed E-state index contributed by atoms with van der Waals surface area (Å²) >= 11 is 0. The van der Waals surface area contributed by atoms with E-state index in [0.29, 0.717) is 35.0 Å². The molecule has 0 bridgehead atoms. The molecule has 3 heterocycles. The van der Waals surface area contributed by atoms with Crippen LogP contribution in [0.15, 0.2) is 0 Å². The SMILES string of the molecule is CCC[C@H](C)Oc1nc(N)c2nc(OC)n(CCCCC3CCCCCN3)c2n1. The maximum Gasteiger partial charge on any atom is 0.320 e. The molecule has 1 aliphatic rings. The van der Waals surface area contributed by atoms with Crippen molar-refractivity contribution in [2.75, 3.05) is 19.4 Å². The van der Waals surface area contributed by atoms with Crippen molar-refractivity contribution in [1.29, 1.82) is 0 Å². The highest BCUT2D eigenvalue weighted by Crippen LogP contribution is 2.26. The van der Waals surface area contributed by atoms with Gasteiger partial charge in [0.1, 0.15) is 0 Å². The highest BCUT2D eigenvalue weighted by atomic mass is 16.5. The molecule has 1 unspecified atom stereocenters. The summed E-state index contributed by atoms with van der Waals surface area (Å²) in [6.45, 7) is 6.09. The van der Waals surface area contributed by atoms with Crippen LogP contribution in [0.4, 0.5) is 5.82 Å². The van der Waals surface area contributed by atoms with Crippen molar-refractivity contribution >= 4 is 17.0 Å². The molecule has 0 saturated carbocycles. The maximum absolute atomic E-state index is 6.14. The number of fused-ring (bicyclic) bond motifs is 1. The zero-order valence-electron chi connectivity index (χ0n) is 18.1. The van der Waals surface area contributed by atoms with E-state index in [-0.39, 0.29) is 6.10 Å². The summed E-state index contributed by atoms with van der Waals surface area (Å²) in [5, 5.41) is 3.67. The minimum absolute atomic E-state index is 0.0437. The van der Waals surface area contributed by atoms with Crippen LogP contribution in [0.25, 0.3) is 11.2 Å². The second-order valence-electron chi connectivity index (χ2n) is 8.03. The van der Waals surface area contributed by atoms with Gasteiger partial charge in [-0.15, -0.1) is 0 Å². The predicted molar refractivity (Wildman–Crippen MR) is 115 cm³/mol. The van der Waals surface area contributed by atoms with Crippen LogP contribution in [-0.4, -0.2) is 45.3 Å². The van der Waals surface area contributed by atoms with Crippen LogP contribution in [0.3, 0.4) is 0 Å². The second-order valence-corrected chi connectivity index (χ2v) is 8.03. The van der Waals surface area contributed by atoms with E-state index in [0.717, 1.165) is 38.8 Å². The van der Waals surface area contributed by atoms with Crippen LogP contribution in [0.1, 0.15) is 71.6 Å². The van der Waals surface area contributed by atoms with Gasteiger partial charge in [-0.25, -0.2) is 0 Å². The number of aryl methyl sites for hydroxylation is 1. The van der Waals surface area contributed by atoms with Gasteiger partial charge in [0.05, 0.1) is 13.2 Å². The van der Waals surface area contributed by atoms with Gasteiger partial charge in [0, 0.05) is 12.6 Å².